The predicted molar refractivity (Wildman–Crippen MR) is 70.0 cm³/mol. The third-order valence-electron chi connectivity index (χ3n) is 4.40. The number of nitrogens with one attached hydrogen (secondary N) is 1. The molecule has 0 spiro atoms. The van der Waals surface area contributed by atoms with Gasteiger partial charge >= 0.3 is 0 Å². The Labute approximate surface area is 109 Å². The highest BCUT2D eigenvalue weighted by molar-refractivity contribution is 5.97. The van der Waals surface area contributed by atoms with E-state index in [1.165, 1.54) is 19.3 Å². The molecule has 102 valence electrons. The summed E-state index contributed by atoms with van der Waals surface area (Å²) in [5, 5.41) is 2.76. The fourth-order valence-corrected chi connectivity index (χ4v) is 3.19. The number of piperazine rings is 1. The minimum Gasteiger partial charge on any atom is -0.341 e. The van der Waals surface area contributed by atoms with E-state index in [4.69, 9.17) is 0 Å². The number of amides is 2. The molecule has 2 aliphatic rings. The number of hydrogen-bond acceptors (Lipinski definition) is 2. The molecule has 1 aliphatic heterocycles. The summed E-state index contributed by atoms with van der Waals surface area (Å²) < 4.78 is 0. The van der Waals surface area contributed by atoms with Gasteiger partial charge in [-0.1, -0.05) is 13.3 Å². The molecule has 2 fully saturated rings. The van der Waals surface area contributed by atoms with Crippen LogP contribution in [0.4, 0.5) is 0 Å². The third kappa shape index (κ3) is 2.52. The highest BCUT2D eigenvalue weighted by atomic mass is 16.2. The van der Waals surface area contributed by atoms with Crippen LogP contribution in [-0.2, 0) is 9.59 Å². The molecular weight excluding hydrogens is 228 g/mol. The van der Waals surface area contributed by atoms with Crippen LogP contribution < -0.4 is 5.32 Å². The van der Waals surface area contributed by atoms with Crippen molar-refractivity contribution in [3.63, 3.8) is 0 Å². The van der Waals surface area contributed by atoms with E-state index >= 15 is 0 Å². The van der Waals surface area contributed by atoms with Gasteiger partial charge in [0, 0.05) is 6.04 Å². The van der Waals surface area contributed by atoms with Crippen molar-refractivity contribution in [2.45, 2.75) is 64.5 Å². The number of nitrogens with zero attached hydrogens (tertiary/aromatic N) is 1. The van der Waals surface area contributed by atoms with Crippen molar-refractivity contribution in [2.24, 2.45) is 5.92 Å². The lowest BCUT2D eigenvalue weighted by molar-refractivity contribution is -0.151. The fraction of sp³-hybridized carbons (Fsp3) is 0.857. The van der Waals surface area contributed by atoms with Gasteiger partial charge in [0.1, 0.15) is 5.54 Å². The summed E-state index contributed by atoms with van der Waals surface area (Å²) in [6.45, 7) is 6.05. The topological polar surface area (TPSA) is 49.4 Å². The van der Waals surface area contributed by atoms with Gasteiger partial charge in [0.15, 0.2) is 0 Å². The lowest BCUT2D eigenvalue weighted by Gasteiger charge is -2.43. The van der Waals surface area contributed by atoms with E-state index in [1.54, 1.807) is 13.8 Å². The minimum atomic E-state index is -0.739. The summed E-state index contributed by atoms with van der Waals surface area (Å²) in [6.07, 6.45) is 5.70. The van der Waals surface area contributed by atoms with Gasteiger partial charge in [-0.25, -0.2) is 0 Å². The van der Waals surface area contributed by atoms with Crippen LogP contribution in [0.25, 0.3) is 0 Å². The van der Waals surface area contributed by atoms with Gasteiger partial charge < -0.3 is 10.2 Å². The second kappa shape index (κ2) is 4.90. The lowest BCUT2D eigenvalue weighted by Crippen LogP contribution is -2.66. The second-order valence-corrected chi connectivity index (χ2v) is 6.19. The summed E-state index contributed by atoms with van der Waals surface area (Å²) in [7, 11) is 0. The van der Waals surface area contributed by atoms with Crippen LogP contribution >= 0.6 is 0 Å². The van der Waals surface area contributed by atoms with E-state index in [1.807, 2.05) is 4.90 Å². The first-order valence-corrected chi connectivity index (χ1v) is 7.06. The van der Waals surface area contributed by atoms with Crippen LogP contribution in [0, 0.1) is 5.92 Å². The van der Waals surface area contributed by atoms with Crippen molar-refractivity contribution < 1.29 is 9.59 Å². The summed E-state index contributed by atoms with van der Waals surface area (Å²) >= 11 is 0. The third-order valence-corrected chi connectivity index (χ3v) is 4.40. The zero-order chi connectivity index (χ0) is 13.3. The molecule has 2 rings (SSSR count). The first kappa shape index (κ1) is 13.4. The molecule has 0 aromatic carbocycles. The first-order valence-electron chi connectivity index (χ1n) is 7.06. The quantitative estimate of drug-likeness (QED) is 0.813. The van der Waals surface area contributed by atoms with Crippen molar-refractivity contribution in [1.82, 2.24) is 10.2 Å². The maximum atomic E-state index is 12.4. The van der Waals surface area contributed by atoms with Crippen LogP contribution in [0.3, 0.4) is 0 Å². The van der Waals surface area contributed by atoms with E-state index in [9.17, 15) is 9.59 Å². The fourth-order valence-electron chi connectivity index (χ4n) is 3.19. The molecule has 1 heterocycles. The maximum absolute atomic E-state index is 12.4. The van der Waals surface area contributed by atoms with Crippen molar-refractivity contribution in [3.05, 3.63) is 0 Å². The Morgan fingerprint density at radius 1 is 1.22 bits per heavy atom. The molecule has 0 atom stereocenters. The van der Waals surface area contributed by atoms with Crippen LogP contribution in [0.2, 0.25) is 0 Å². The highest BCUT2D eigenvalue weighted by Gasteiger charge is 2.42. The van der Waals surface area contributed by atoms with E-state index in [0.717, 1.165) is 18.8 Å². The molecule has 2 amide bonds. The largest absolute Gasteiger partial charge is 0.341 e. The second-order valence-electron chi connectivity index (χ2n) is 6.19. The van der Waals surface area contributed by atoms with Gasteiger partial charge in [-0.15, -0.1) is 0 Å². The summed E-state index contributed by atoms with van der Waals surface area (Å²) in [5.41, 5.74) is -0.739. The summed E-state index contributed by atoms with van der Waals surface area (Å²) in [6, 6.07) is 0.269. The number of rotatable bonds is 2. The zero-order valence-electron chi connectivity index (χ0n) is 11.7. The van der Waals surface area contributed by atoms with Gasteiger partial charge in [0.25, 0.3) is 0 Å². The average molecular weight is 252 g/mol. The molecule has 0 unspecified atom stereocenters. The Kier molecular flexibility index (Phi) is 3.64. The van der Waals surface area contributed by atoms with Crippen LogP contribution in [0.5, 0.6) is 0 Å². The summed E-state index contributed by atoms with van der Waals surface area (Å²) in [4.78, 5) is 25.9. The Hall–Kier alpha value is -1.06. The van der Waals surface area contributed by atoms with Gasteiger partial charge in [-0.05, 0) is 45.4 Å². The first-order chi connectivity index (χ1) is 8.44. The minimum absolute atomic E-state index is 0.0304. The SMILES string of the molecule is CCC1CCC(N2CC(=O)NC(C)(C)C2=O)CC1. The van der Waals surface area contributed by atoms with Gasteiger partial charge in [-0.3, -0.25) is 9.59 Å². The molecule has 0 bridgehead atoms. The van der Waals surface area contributed by atoms with Crippen molar-refractivity contribution >= 4 is 11.8 Å². The molecule has 1 saturated carbocycles. The van der Waals surface area contributed by atoms with E-state index in [-0.39, 0.29) is 24.4 Å². The Balaban J connectivity index is 2.04. The number of carbonyl (C=O) groups excluding carboxylic acids is 2. The summed E-state index contributed by atoms with van der Waals surface area (Å²) in [5.74, 6) is 0.849. The maximum Gasteiger partial charge on any atom is 0.248 e. The normalized spacial score (nSPS) is 32.3. The van der Waals surface area contributed by atoms with Gasteiger partial charge in [0.05, 0.1) is 6.54 Å². The molecule has 1 N–H and O–H groups in total. The van der Waals surface area contributed by atoms with Crippen molar-refractivity contribution in [1.29, 1.82) is 0 Å². The number of hydrogen-bond donors (Lipinski definition) is 1. The van der Waals surface area contributed by atoms with Crippen LogP contribution in [-0.4, -0.2) is 34.8 Å². The van der Waals surface area contributed by atoms with Gasteiger partial charge in [-0.2, -0.15) is 0 Å². The van der Waals surface area contributed by atoms with Crippen LogP contribution in [0.1, 0.15) is 52.9 Å². The molecule has 1 saturated heterocycles. The lowest BCUT2D eigenvalue weighted by atomic mass is 9.83. The number of carbonyl (C=O) groups is 2. The molecule has 1 aliphatic carbocycles. The molecular formula is C14H24N2O2. The molecule has 4 nitrogen and oxygen atoms in total. The standard InChI is InChI=1S/C14H24N2O2/c1-4-10-5-7-11(8-6-10)16-9-12(17)15-14(2,3)13(16)18/h10-11H,4-9H2,1-3H3,(H,15,17). The monoisotopic (exact) mass is 252 g/mol. The Morgan fingerprint density at radius 3 is 2.39 bits per heavy atom. The van der Waals surface area contributed by atoms with Crippen LogP contribution in [0.15, 0.2) is 0 Å². The predicted octanol–water partition coefficient (Wildman–Crippen LogP) is 1.69. The van der Waals surface area contributed by atoms with Gasteiger partial charge in [0.2, 0.25) is 11.8 Å². The smallest absolute Gasteiger partial charge is 0.248 e. The Bertz CT molecular complexity index is 344. The average Bonchev–Trinajstić information content (AvgIpc) is 2.33. The Morgan fingerprint density at radius 2 is 1.83 bits per heavy atom. The van der Waals surface area contributed by atoms with E-state index in [0.29, 0.717) is 0 Å². The van der Waals surface area contributed by atoms with E-state index in [2.05, 4.69) is 12.2 Å². The molecule has 18 heavy (non-hydrogen) atoms. The molecule has 4 heteroatoms. The molecule has 0 aromatic heterocycles. The van der Waals surface area contributed by atoms with E-state index < -0.39 is 5.54 Å². The molecule has 0 radical (unpaired) electrons. The zero-order valence-corrected chi connectivity index (χ0v) is 11.7. The molecule has 0 aromatic rings. The van der Waals surface area contributed by atoms with Crippen molar-refractivity contribution in [3.8, 4) is 0 Å². The highest BCUT2D eigenvalue weighted by Crippen LogP contribution is 2.31. The van der Waals surface area contributed by atoms with Crippen molar-refractivity contribution in [2.75, 3.05) is 6.54 Å².